The number of hydrogen-bond acceptors (Lipinski definition) is 3. The molecule has 0 radical (unpaired) electrons. The van der Waals surface area contributed by atoms with E-state index in [2.05, 4.69) is 0 Å². The fourth-order valence-electron chi connectivity index (χ4n) is 2.94. The van der Waals surface area contributed by atoms with E-state index < -0.39 is 0 Å². The second-order valence-electron chi connectivity index (χ2n) is 5.74. The average molecular weight is 291 g/mol. The zero-order valence-corrected chi connectivity index (χ0v) is 13.0. The van der Waals surface area contributed by atoms with Crippen molar-refractivity contribution in [1.29, 1.82) is 0 Å². The van der Waals surface area contributed by atoms with Gasteiger partial charge in [0.1, 0.15) is 5.75 Å². The van der Waals surface area contributed by atoms with Crippen molar-refractivity contribution in [3.05, 3.63) is 29.3 Å². The fourth-order valence-corrected chi connectivity index (χ4v) is 2.94. The summed E-state index contributed by atoms with van der Waals surface area (Å²) in [5.41, 5.74) is 2.22. The van der Waals surface area contributed by atoms with Crippen LogP contribution < -0.4 is 4.74 Å². The third-order valence-electron chi connectivity index (χ3n) is 4.33. The number of amides is 1. The Morgan fingerprint density at radius 3 is 2.71 bits per heavy atom. The van der Waals surface area contributed by atoms with Crippen LogP contribution in [-0.4, -0.2) is 41.7 Å². The highest BCUT2D eigenvalue weighted by Crippen LogP contribution is 2.24. The molecule has 1 aromatic rings. The van der Waals surface area contributed by atoms with Gasteiger partial charge in [-0.05, 0) is 43.9 Å². The molecule has 21 heavy (non-hydrogen) atoms. The van der Waals surface area contributed by atoms with E-state index in [0.717, 1.165) is 42.6 Å². The van der Waals surface area contributed by atoms with E-state index in [1.54, 1.807) is 4.90 Å². The average Bonchev–Trinajstić information content (AvgIpc) is 3.00. The highest BCUT2D eigenvalue weighted by atomic mass is 16.5. The molecule has 1 saturated carbocycles. The summed E-state index contributed by atoms with van der Waals surface area (Å²) in [6.45, 7) is 4.48. The third-order valence-corrected chi connectivity index (χ3v) is 4.33. The van der Waals surface area contributed by atoms with Crippen LogP contribution in [0.5, 0.6) is 5.75 Å². The van der Waals surface area contributed by atoms with E-state index in [-0.39, 0.29) is 25.2 Å². The molecule has 0 aromatic heterocycles. The van der Waals surface area contributed by atoms with Gasteiger partial charge in [-0.15, -0.1) is 0 Å². The topological polar surface area (TPSA) is 49.8 Å². The summed E-state index contributed by atoms with van der Waals surface area (Å²) in [6, 6.07) is 6.12. The van der Waals surface area contributed by atoms with Crippen LogP contribution in [0.2, 0.25) is 0 Å². The SMILES string of the molecule is Cc1cccc(OCC(=O)N(CCO)C2CCCC2)c1C. The number of hydrogen-bond donors (Lipinski definition) is 1. The Bertz CT molecular complexity index is 481. The summed E-state index contributed by atoms with van der Waals surface area (Å²) >= 11 is 0. The minimum Gasteiger partial charge on any atom is -0.483 e. The number of carbonyl (C=O) groups is 1. The van der Waals surface area contributed by atoms with Gasteiger partial charge in [0.2, 0.25) is 0 Å². The van der Waals surface area contributed by atoms with Crippen LogP contribution in [0.1, 0.15) is 36.8 Å². The number of ether oxygens (including phenoxy) is 1. The predicted molar refractivity (Wildman–Crippen MR) is 82.5 cm³/mol. The van der Waals surface area contributed by atoms with Crippen LogP contribution in [0.4, 0.5) is 0 Å². The summed E-state index contributed by atoms with van der Waals surface area (Å²) in [5.74, 6) is 0.732. The zero-order valence-electron chi connectivity index (χ0n) is 13.0. The van der Waals surface area contributed by atoms with Gasteiger partial charge in [0.15, 0.2) is 6.61 Å². The van der Waals surface area contributed by atoms with Gasteiger partial charge in [0.25, 0.3) is 5.91 Å². The summed E-state index contributed by atoms with van der Waals surface area (Å²) in [6.07, 6.45) is 4.40. The molecule has 1 fully saturated rings. The Hall–Kier alpha value is -1.55. The van der Waals surface area contributed by atoms with Gasteiger partial charge in [-0.3, -0.25) is 4.79 Å². The maximum absolute atomic E-state index is 12.4. The molecule has 1 aliphatic rings. The molecule has 2 rings (SSSR count). The Balaban J connectivity index is 1.96. The molecule has 1 aromatic carbocycles. The highest BCUT2D eigenvalue weighted by molar-refractivity contribution is 5.78. The van der Waals surface area contributed by atoms with Crippen LogP contribution in [0.25, 0.3) is 0 Å². The zero-order chi connectivity index (χ0) is 15.2. The van der Waals surface area contributed by atoms with Gasteiger partial charge in [0, 0.05) is 12.6 Å². The molecule has 4 nitrogen and oxygen atoms in total. The van der Waals surface area contributed by atoms with E-state index in [1.807, 2.05) is 32.0 Å². The molecule has 0 unspecified atom stereocenters. The predicted octanol–water partition coefficient (Wildman–Crippen LogP) is 2.45. The standard InChI is InChI=1S/C17H25NO3/c1-13-6-5-9-16(14(13)2)21-12-17(20)18(10-11-19)15-7-3-4-8-15/h5-6,9,15,19H,3-4,7-8,10-12H2,1-2H3. The smallest absolute Gasteiger partial charge is 0.260 e. The highest BCUT2D eigenvalue weighted by Gasteiger charge is 2.26. The first-order chi connectivity index (χ1) is 10.1. The summed E-state index contributed by atoms with van der Waals surface area (Å²) < 4.78 is 5.69. The van der Waals surface area contributed by atoms with Crippen LogP contribution >= 0.6 is 0 Å². The van der Waals surface area contributed by atoms with Crippen molar-refractivity contribution in [3.8, 4) is 5.75 Å². The van der Waals surface area contributed by atoms with Crippen molar-refractivity contribution < 1.29 is 14.6 Å². The number of rotatable bonds is 6. The van der Waals surface area contributed by atoms with Gasteiger partial charge in [-0.2, -0.15) is 0 Å². The van der Waals surface area contributed by atoms with Crippen molar-refractivity contribution in [2.24, 2.45) is 0 Å². The number of nitrogens with zero attached hydrogens (tertiary/aromatic N) is 1. The van der Waals surface area contributed by atoms with Gasteiger partial charge in [-0.1, -0.05) is 25.0 Å². The Morgan fingerprint density at radius 1 is 1.33 bits per heavy atom. The molecule has 1 aliphatic carbocycles. The van der Waals surface area contributed by atoms with E-state index in [4.69, 9.17) is 4.74 Å². The molecule has 1 N–H and O–H groups in total. The lowest BCUT2D eigenvalue weighted by Crippen LogP contribution is -2.43. The molecule has 0 atom stereocenters. The molecular formula is C17H25NO3. The van der Waals surface area contributed by atoms with Crippen molar-refractivity contribution in [1.82, 2.24) is 4.90 Å². The Kier molecular flexibility index (Phi) is 5.62. The first-order valence-corrected chi connectivity index (χ1v) is 7.73. The van der Waals surface area contributed by atoms with E-state index in [9.17, 15) is 9.90 Å². The third kappa shape index (κ3) is 3.97. The van der Waals surface area contributed by atoms with Crippen LogP contribution in [-0.2, 0) is 4.79 Å². The first-order valence-electron chi connectivity index (χ1n) is 7.73. The monoisotopic (exact) mass is 291 g/mol. The minimum absolute atomic E-state index is 0.00567. The minimum atomic E-state index is -0.0307. The van der Waals surface area contributed by atoms with E-state index in [1.165, 1.54) is 0 Å². The number of aryl methyl sites for hydroxylation is 1. The molecule has 0 saturated heterocycles. The normalized spacial score (nSPS) is 15.2. The number of aliphatic hydroxyl groups excluding tert-OH is 1. The maximum atomic E-state index is 12.4. The molecule has 116 valence electrons. The molecular weight excluding hydrogens is 266 g/mol. The summed E-state index contributed by atoms with van der Waals surface area (Å²) in [4.78, 5) is 14.2. The van der Waals surface area contributed by atoms with Gasteiger partial charge >= 0.3 is 0 Å². The van der Waals surface area contributed by atoms with Crippen molar-refractivity contribution in [2.45, 2.75) is 45.6 Å². The quantitative estimate of drug-likeness (QED) is 0.876. The van der Waals surface area contributed by atoms with Crippen LogP contribution in [0.15, 0.2) is 18.2 Å². The molecule has 0 bridgehead atoms. The van der Waals surface area contributed by atoms with Crippen molar-refractivity contribution in [2.75, 3.05) is 19.8 Å². The van der Waals surface area contributed by atoms with E-state index >= 15 is 0 Å². The van der Waals surface area contributed by atoms with Gasteiger partial charge in [0.05, 0.1) is 6.61 Å². The lowest BCUT2D eigenvalue weighted by molar-refractivity contribution is -0.136. The summed E-state index contributed by atoms with van der Waals surface area (Å²) in [7, 11) is 0. The number of benzene rings is 1. The Morgan fingerprint density at radius 2 is 2.05 bits per heavy atom. The maximum Gasteiger partial charge on any atom is 0.260 e. The molecule has 4 heteroatoms. The first kappa shape index (κ1) is 15.8. The lowest BCUT2D eigenvalue weighted by Gasteiger charge is -2.28. The lowest BCUT2D eigenvalue weighted by atomic mass is 10.1. The Labute approximate surface area is 126 Å². The second kappa shape index (κ2) is 7.46. The van der Waals surface area contributed by atoms with Gasteiger partial charge < -0.3 is 14.7 Å². The summed E-state index contributed by atoms with van der Waals surface area (Å²) in [5, 5.41) is 9.18. The molecule has 1 amide bonds. The second-order valence-corrected chi connectivity index (χ2v) is 5.74. The van der Waals surface area contributed by atoms with Gasteiger partial charge in [-0.25, -0.2) is 0 Å². The van der Waals surface area contributed by atoms with Crippen LogP contribution in [0, 0.1) is 13.8 Å². The number of carbonyl (C=O) groups excluding carboxylic acids is 1. The van der Waals surface area contributed by atoms with Crippen LogP contribution in [0.3, 0.4) is 0 Å². The van der Waals surface area contributed by atoms with Crippen molar-refractivity contribution in [3.63, 3.8) is 0 Å². The molecule has 0 aliphatic heterocycles. The molecule has 0 spiro atoms. The van der Waals surface area contributed by atoms with E-state index in [0.29, 0.717) is 6.54 Å². The largest absolute Gasteiger partial charge is 0.483 e. The fraction of sp³-hybridized carbons (Fsp3) is 0.588. The number of aliphatic hydroxyl groups is 1. The van der Waals surface area contributed by atoms with Crippen molar-refractivity contribution >= 4 is 5.91 Å². The molecule has 0 heterocycles.